The second kappa shape index (κ2) is 6.74. The summed E-state index contributed by atoms with van der Waals surface area (Å²) < 4.78 is 0. The standard InChI is InChI=1S/C16H14Cl2N2O/c1-10-7-11(2)19-15(8-10)20-16(21)6-4-12-3-5-13(17)14(18)9-12/h3-9H,1-2H3,(H,19,20,21)/b6-4-. The van der Waals surface area contributed by atoms with E-state index >= 15 is 0 Å². The second-order valence-electron chi connectivity index (χ2n) is 4.67. The van der Waals surface area contributed by atoms with Crippen molar-refractivity contribution in [3.63, 3.8) is 0 Å². The van der Waals surface area contributed by atoms with Crippen LogP contribution in [-0.2, 0) is 4.79 Å². The van der Waals surface area contributed by atoms with Crippen molar-refractivity contribution in [1.29, 1.82) is 0 Å². The summed E-state index contributed by atoms with van der Waals surface area (Å²) in [7, 11) is 0. The first kappa shape index (κ1) is 15.5. The van der Waals surface area contributed by atoms with Crippen LogP contribution in [0.5, 0.6) is 0 Å². The predicted octanol–water partition coefficient (Wildman–Crippen LogP) is 4.66. The number of amides is 1. The van der Waals surface area contributed by atoms with Crippen LogP contribution in [0.1, 0.15) is 16.8 Å². The van der Waals surface area contributed by atoms with E-state index in [0.29, 0.717) is 15.9 Å². The Bertz CT molecular complexity index is 691. The van der Waals surface area contributed by atoms with E-state index in [1.165, 1.54) is 6.08 Å². The number of pyridine rings is 1. The van der Waals surface area contributed by atoms with E-state index < -0.39 is 0 Å². The molecule has 1 heterocycles. The lowest BCUT2D eigenvalue weighted by Gasteiger charge is -2.04. The quantitative estimate of drug-likeness (QED) is 0.836. The van der Waals surface area contributed by atoms with Crippen molar-refractivity contribution < 1.29 is 4.79 Å². The van der Waals surface area contributed by atoms with Gasteiger partial charge in [0, 0.05) is 11.8 Å². The summed E-state index contributed by atoms with van der Waals surface area (Å²) in [5.41, 5.74) is 2.71. The molecule has 21 heavy (non-hydrogen) atoms. The van der Waals surface area contributed by atoms with Crippen LogP contribution in [-0.4, -0.2) is 10.9 Å². The van der Waals surface area contributed by atoms with Gasteiger partial charge in [-0.1, -0.05) is 29.3 Å². The maximum Gasteiger partial charge on any atom is 0.249 e. The number of nitrogens with one attached hydrogen (secondary N) is 1. The highest BCUT2D eigenvalue weighted by atomic mass is 35.5. The Kier molecular flexibility index (Phi) is 4.99. The van der Waals surface area contributed by atoms with Crippen LogP contribution in [0.15, 0.2) is 36.4 Å². The molecule has 108 valence electrons. The third-order valence-corrected chi connectivity index (χ3v) is 3.46. The minimum atomic E-state index is -0.251. The number of carbonyl (C=O) groups is 1. The van der Waals surface area contributed by atoms with Gasteiger partial charge in [0.1, 0.15) is 5.82 Å². The molecule has 2 rings (SSSR count). The van der Waals surface area contributed by atoms with Crippen LogP contribution in [0.3, 0.4) is 0 Å². The summed E-state index contributed by atoms with van der Waals surface area (Å²) in [6, 6.07) is 8.93. The van der Waals surface area contributed by atoms with Gasteiger partial charge in [0.25, 0.3) is 0 Å². The topological polar surface area (TPSA) is 42.0 Å². The molecule has 0 aliphatic rings. The molecule has 1 aromatic carbocycles. The molecular weight excluding hydrogens is 307 g/mol. The summed E-state index contributed by atoms with van der Waals surface area (Å²) in [6.07, 6.45) is 3.10. The number of rotatable bonds is 3. The second-order valence-corrected chi connectivity index (χ2v) is 5.48. The highest BCUT2D eigenvalue weighted by Crippen LogP contribution is 2.23. The van der Waals surface area contributed by atoms with Gasteiger partial charge in [-0.3, -0.25) is 4.79 Å². The highest BCUT2D eigenvalue weighted by molar-refractivity contribution is 6.42. The highest BCUT2D eigenvalue weighted by Gasteiger charge is 2.02. The van der Waals surface area contributed by atoms with E-state index in [1.54, 1.807) is 24.3 Å². The smallest absolute Gasteiger partial charge is 0.249 e. The summed E-state index contributed by atoms with van der Waals surface area (Å²) in [4.78, 5) is 16.1. The van der Waals surface area contributed by atoms with E-state index in [-0.39, 0.29) is 5.91 Å². The Labute approximate surface area is 133 Å². The molecule has 0 fully saturated rings. The number of carbonyl (C=O) groups excluding carboxylic acids is 1. The predicted molar refractivity (Wildman–Crippen MR) is 87.8 cm³/mol. The van der Waals surface area contributed by atoms with E-state index in [9.17, 15) is 4.79 Å². The average molecular weight is 321 g/mol. The van der Waals surface area contributed by atoms with E-state index in [4.69, 9.17) is 23.2 Å². The fraction of sp³-hybridized carbons (Fsp3) is 0.125. The third kappa shape index (κ3) is 4.59. The zero-order chi connectivity index (χ0) is 15.4. The van der Waals surface area contributed by atoms with Crippen LogP contribution < -0.4 is 5.32 Å². The maximum atomic E-state index is 11.9. The third-order valence-electron chi connectivity index (χ3n) is 2.72. The molecule has 3 nitrogen and oxygen atoms in total. The largest absolute Gasteiger partial charge is 0.307 e. The van der Waals surface area contributed by atoms with Gasteiger partial charge < -0.3 is 5.32 Å². The molecule has 2 aromatic rings. The molecule has 0 saturated carbocycles. The molecule has 0 atom stereocenters. The number of aromatic nitrogens is 1. The molecule has 0 aliphatic carbocycles. The first-order valence-electron chi connectivity index (χ1n) is 6.33. The molecule has 0 aliphatic heterocycles. The lowest BCUT2D eigenvalue weighted by molar-refractivity contribution is -0.111. The van der Waals surface area contributed by atoms with Crippen molar-refractivity contribution in [2.75, 3.05) is 5.32 Å². The van der Waals surface area contributed by atoms with Crippen LogP contribution in [0, 0.1) is 13.8 Å². The molecule has 0 unspecified atom stereocenters. The minimum Gasteiger partial charge on any atom is -0.307 e. The van der Waals surface area contributed by atoms with Crippen LogP contribution in [0.2, 0.25) is 10.0 Å². The number of halogens is 2. The first-order valence-corrected chi connectivity index (χ1v) is 7.09. The van der Waals surface area contributed by atoms with Crippen LogP contribution in [0.25, 0.3) is 6.08 Å². The maximum absolute atomic E-state index is 11.9. The van der Waals surface area contributed by atoms with Crippen molar-refractivity contribution in [3.8, 4) is 0 Å². The van der Waals surface area contributed by atoms with Crippen molar-refractivity contribution in [3.05, 3.63) is 63.3 Å². The minimum absolute atomic E-state index is 0.251. The van der Waals surface area contributed by atoms with Gasteiger partial charge in [0.2, 0.25) is 5.91 Å². The SMILES string of the molecule is Cc1cc(C)nc(NC(=O)/C=C\c2ccc(Cl)c(Cl)c2)c1. The summed E-state index contributed by atoms with van der Waals surface area (Å²) >= 11 is 11.8. The van der Waals surface area contributed by atoms with Crippen molar-refractivity contribution >= 4 is 41.0 Å². The van der Waals surface area contributed by atoms with Gasteiger partial charge >= 0.3 is 0 Å². The molecule has 0 spiro atoms. The summed E-state index contributed by atoms with van der Waals surface area (Å²) in [5, 5.41) is 3.66. The van der Waals surface area contributed by atoms with Gasteiger partial charge in [-0.2, -0.15) is 0 Å². The van der Waals surface area contributed by atoms with Crippen LogP contribution in [0.4, 0.5) is 5.82 Å². The molecule has 1 N–H and O–H groups in total. The molecular formula is C16H14Cl2N2O. The summed E-state index contributed by atoms with van der Waals surface area (Å²) in [6.45, 7) is 3.84. The first-order chi connectivity index (χ1) is 9.94. The Morgan fingerprint density at radius 3 is 2.57 bits per heavy atom. The van der Waals surface area contributed by atoms with Gasteiger partial charge in [-0.15, -0.1) is 0 Å². The molecule has 1 aromatic heterocycles. The summed E-state index contributed by atoms with van der Waals surface area (Å²) in [5.74, 6) is 0.287. The monoisotopic (exact) mass is 320 g/mol. The number of hydrogen-bond acceptors (Lipinski definition) is 2. The van der Waals surface area contributed by atoms with E-state index in [1.807, 2.05) is 26.0 Å². The van der Waals surface area contributed by atoms with Crippen molar-refractivity contribution in [2.45, 2.75) is 13.8 Å². The van der Waals surface area contributed by atoms with E-state index in [0.717, 1.165) is 16.8 Å². The number of benzene rings is 1. The van der Waals surface area contributed by atoms with Gasteiger partial charge in [-0.25, -0.2) is 4.98 Å². The lowest BCUT2D eigenvalue weighted by Crippen LogP contribution is -2.09. The van der Waals surface area contributed by atoms with Gasteiger partial charge in [-0.05, 0) is 55.3 Å². The number of hydrogen-bond donors (Lipinski definition) is 1. The molecule has 0 bridgehead atoms. The fourth-order valence-corrected chi connectivity index (χ4v) is 2.17. The Morgan fingerprint density at radius 2 is 1.90 bits per heavy atom. The normalized spacial score (nSPS) is 10.9. The average Bonchev–Trinajstić information content (AvgIpc) is 2.39. The lowest BCUT2D eigenvalue weighted by atomic mass is 10.2. The Balaban J connectivity index is 2.07. The zero-order valence-corrected chi connectivity index (χ0v) is 13.2. The molecule has 5 heteroatoms. The number of anilines is 1. The Morgan fingerprint density at radius 1 is 1.14 bits per heavy atom. The van der Waals surface area contributed by atoms with Crippen molar-refractivity contribution in [1.82, 2.24) is 4.98 Å². The number of aryl methyl sites for hydroxylation is 2. The fourth-order valence-electron chi connectivity index (χ4n) is 1.86. The molecule has 0 radical (unpaired) electrons. The zero-order valence-electron chi connectivity index (χ0n) is 11.7. The number of nitrogens with zero attached hydrogens (tertiary/aromatic N) is 1. The van der Waals surface area contributed by atoms with Crippen LogP contribution >= 0.6 is 23.2 Å². The van der Waals surface area contributed by atoms with Gasteiger partial charge in [0.05, 0.1) is 10.0 Å². The molecule has 1 amide bonds. The van der Waals surface area contributed by atoms with Crippen molar-refractivity contribution in [2.24, 2.45) is 0 Å². The van der Waals surface area contributed by atoms with Gasteiger partial charge in [0.15, 0.2) is 0 Å². The molecule has 0 saturated heterocycles. The van der Waals surface area contributed by atoms with E-state index in [2.05, 4.69) is 10.3 Å². The Hall–Kier alpha value is -1.84.